The molecule has 584 valence electrons. The Morgan fingerprint density at radius 1 is 0.313 bits per heavy atom. The number of unbranched alkanes of at least 4 members (excludes halogenated alkanes) is 47. The lowest BCUT2D eigenvalue weighted by Gasteiger charge is -2.21. The summed E-state index contributed by atoms with van der Waals surface area (Å²) in [5.74, 6) is -1.36. The van der Waals surface area contributed by atoms with E-state index in [9.17, 15) is 43.2 Å². The molecule has 0 saturated carbocycles. The van der Waals surface area contributed by atoms with Gasteiger partial charge in [0.05, 0.1) is 26.4 Å². The van der Waals surface area contributed by atoms with Crippen molar-refractivity contribution >= 4 is 39.5 Å². The van der Waals surface area contributed by atoms with Crippen LogP contribution in [0.5, 0.6) is 0 Å². The molecule has 3 N–H and O–H groups in total. The molecule has 19 heteroatoms. The summed E-state index contributed by atoms with van der Waals surface area (Å²) in [6.07, 6.45) is 65.9. The number of aliphatic hydroxyl groups excluding tert-OH is 1. The first-order valence-corrected chi connectivity index (χ1v) is 43.9. The van der Waals surface area contributed by atoms with E-state index in [0.717, 1.165) is 115 Å². The van der Waals surface area contributed by atoms with Crippen LogP contribution in [0.1, 0.15) is 401 Å². The molecule has 0 aromatic heterocycles. The molecule has 0 fully saturated rings. The van der Waals surface area contributed by atoms with E-state index in [4.69, 9.17) is 37.0 Å². The number of rotatable bonds is 78. The minimum atomic E-state index is -4.97. The van der Waals surface area contributed by atoms with E-state index in [1.807, 2.05) is 0 Å². The van der Waals surface area contributed by atoms with Crippen molar-refractivity contribution in [1.29, 1.82) is 0 Å². The van der Waals surface area contributed by atoms with E-state index in [-0.39, 0.29) is 25.7 Å². The molecule has 0 aliphatic heterocycles. The Labute approximate surface area is 605 Å². The molecule has 0 aromatic carbocycles. The average Bonchev–Trinajstić information content (AvgIpc) is 1.14. The zero-order valence-corrected chi connectivity index (χ0v) is 65.9. The Hall–Kier alpha value is -2.46. The SMILES string of the molecule is CCCCCC/C=C\C=C/CCCCCCCC(=O)OC[C@H](COP(=O)(O)OC[C@@H](O)COP(=O)(O)OC[C@@H](COC(=O)CCCCCCCCCCCCC)OC(=O)CCCCCCCCCCCCCCC(C)C)OC(=O)CCCCCCCCCCCCCCCCCCCC. The number of phosphoric acid groups is 2. The fraction of sp³-hybridized carbons (Fsp3) is 0.900. The summed E-state index contributed by atoms with van der Waals surface area (Å²) >= 11 is 0. The van der Waals surface area contributed by atoms with Gasteiger partial charge < -0.3 is 33.8 Å². The monoisotopic (exact) mass is 1450 g/mol. The van der Waals surface area contributed by atoms with Gasteiger partial charge in [0.2, 0.25) is 0 Å². The van der Waals surface area contributed by atoms with Crippen molar-refractivity contribution in [2.24, 2.45) is 5.92 Å². The van der Waals surface area contributed by atoms with Gasteiger partial charge in [0.25, 0.3) is 0 Å². The average molecular weight is 1450 g/mol. The van der Waals surface area contributed by atoms with E-state index >= 15 is 0 Å². The molecule has 0 radical (unpaired) electrons. The van der Waals surface area contributed by atoms with E-state index in [0.29, 0.717) is 25.7 Å². The maximum absolute atomic E-state index is 13.1. The van der Waals surface area contributed by atoms with E-state index in [2.05, 4.69) is 58.9 Å². The number of ether oxygens (including phenoxy) is 4. The highest BCUT2D eigenvalue weighted by Gasteiger charge is 2.30. The number of phosphoric ester groups is 2. The van der Waals surface area contributed by atoms with Crippen LogP contribution >= 0.6 is 15.6 Å². The Balaban J connectivity index is 5.28. The normalized spacial score (nSPS) is 14.0. The molecule has 0 aliphatic rings. The number of esters is 4. The van der Waals surface area contributed by atoms with Crippen molar-refractivity contribution in [2.75, 3.05) is 39.6 Å². The van der Waals surface area contributed by atoms with Crippen LogP contribution < -0.4 is 0 Å². The topological polar surface area (TPSA) is 237 Å². The molecule has 0 amide bonds. The first-order chi connectivity index (χ1) is 48.0. The molecular weight excluding hydrogens is 1290 g/mol. The molecule has 2 unspecified atom stereocenters. The van der Waals surface area contributed by atoms with Gasteiger partial charge in [-0.15, -0.1) is 0 Å². The molecule has 0 aliphatic carbocycles. The first kappa shape index (κ1) is 96.5. The number of hydrogen-bond acceptors (Lipinski definition) is 15. The lowest BCUT2D eigenvalue weighted by Crippen LogP contribution is -2.30. The fourth-order valence-corrected chi connectivity index (χ4v) is 13.4. The van der Waals surface area contributed by atoms with Crippen LogP contribution in [0.4, 0.5) is 0 Å². The minimum absolute atomic E-state index is 0.102. The van der Waals surface area contributed by atoms with Gasteiger partial charge >= 0.3 is 39.5 Å². The fourth-order valence-electron chi connectivity index (χ4n) is 11.9. The van der Waals surface area contributed by atoms with Gasteiger partial charge in [-0.1, -0.05) is 348 Å². The lowest BCUT2D eigenvalue weighted by molar-refractivity contribution is -0.161. The highest BCUT2D eigenvalue weighted by molar-refractivity contribution is 7.47. The number of carbonyl (C=O) groups is 4. The Kier molecular flexibility index (Phi) is 70.7. The smallest absolute Gasteiger partial charge is 0.462 e. The maximum atomic E-state index is 13.1. The van der Waals surface area contributed by atoms with Crippen molar-refractivity contribution < 1.29 is 80.2 Å². The second-order valence-corrected chi connectivity index (χ2v) is 31.5. The van der Waals surface area contributed by atoms with Gasteiger partial charge in [0, 0.05) is 25.7 Å². The summed E-state index contributed by atoms with van der Waals surface area (Å²) in [6.45, 7) is 7.26. The van der Waals surface area contributed by atoms with Crippen molar-refractivity contribution in [3.8, 4) is 0 Å². The lowest BCUT2D eigenvalue weighted by atomic mass is 10.0. The molecule has 5 atom stereocenters. The van der Waals surface area contributed by atoms with Crippen LogP contribution in [0, 0.1) is 5.92 Å². The highest BCUT2D eigenvalue weighted by atomic mass is 31.2. The third-order valence-electron chi connectivity index (χ3n) is 18.2. The largest absolute Gasteiger partial charge is 0.472 e. The number of allylic oxidation sites excluding steroid dienone is 4. The summed E-state index contributed by atoms with van der Waals surface area (Å²) < 4.78 is 68.6. The third kappa shape index (κ3) is 73.6. The van der Waals surface area contributed by atoms with Crippen molar-refractivity contribution in [3.63, 3.8) is 0 Å². The van der Waals surface area contributed by atoms with Crippen molar-refractivity contribution in [1.82, 2.24) is 0 Å². The van der Waals surface area contributed by atoms with Crippen LogP contribution in [0.3, 0.4) is 0 Å². The van der Waals surface area contributed by atoms with Crippen LogP contribution in [0.15, 0.2) is 24.3 Å². The summed E-state index contributed by atoms with van der Waals surface area (Å²) in [5, 5.41) is 10.6. The van der Waals surface area contributed by atoms with Crippen LogP contribution in [-0.2, 0) is 65.4 Å². The zero-order valence-electron chi connectivity index (χ0n) is 64.1. The molecule has 0 saturated heterocycles. The van der Waals surface area contributed by atoms with E-state index < -0.39 is 97.5 Å². The van der Waals surface area contributed by atoms with Gasteiger partial charge in [0.1, 0.15) is 19.3 Å². The van der Waals surface area contributed by atoms with E-state index in [1.165, 1.54) is 205 Å². The number of carbonyl (C=O) groups excluding carboxylic acids is 4. The second-order valence-electron chi connectivity index (χ2n) is 28.6. The zero-order chi connectivity index (χ0) is 72.7. The van der Waals surface area contributed by atoms with Gasteiger partial charge in [-0.2, -0.15) is 0 Å². The first-order valence-electron chi connectivity index (χ1n) is 41.0. The van der Waals surface area contributed by atoms with Gasteiger partial charge in [-0.3, -0.25) is 37.3 Å². The summed E-state index contributed by atoms with van der Waals surface area (Å²) in [6, 6.07) is 0. The highest BCUT2D eigenvalue weighted by Crippen LogP contribution is 2.45. The van der Waals surface area contributed by atoms with Gasteiger partial charge in [-0.05, 0) is 57.3 Å². The predicted molar refractivity (Wildman–Crippen MR) is 404 cm³/mol. The molecule has 0 bridgehead atoms. The molecule has 0 spiro atoms. The summed E-state index contributed by atoms with van der Waals surface area (Å²) in [4.78, 5) is 73.0. The Bertz CT molecular complexity index is 1990. The minimum Gasteiger partial charge on any atom is -0.462 e. The summed E-state index contributed by atoms with van der Waals surface area (Å²) in [5.41, 5.74) is 0. The molecule has 17 nitrogen and oxygen atoms in total. The quantitative estimate of drug-likeness (QED) is 0.0169. The van der Waals surface area contributed by atoms with Crippen LogP contribution in [-0.4, -0.2) is 96.7 Å². The molecule has 0 rings (SSSR count). The van der Waals surface area contributed by atoms with Crippen molar-refractivity contribution in [3.05, 3.63) is 24.3 Å². The second kappa shape index (κ2) is 72.5. The molecule has 99 heavy (non-hydrogen) atoms. The van der Waals surface area contributed by atoms with Gasteiger partial charge in [0.15, 0.2) is 12.2 Å². The molecule has 0 heterocycles. The predicted octanol–water partition coefficient (Wildman–Crippen LogP) is 23.6. The summed E-state index contributed by atoms with van der Waals surface area (Å²) in [7, 11) is -9.93. The van der Waals surface area contributed by atoms with Crippen LogP contribution in [0.25, 0.3) is 0 Å². The molecule has 0 aromatic rings. The van der Waals surface area contributed by atoms with Crippen molar-refractivity contribution in [2.45, 2.75) is 419 Å². The standard InChI is InChI=1S/C80H152O17P2/c1-6-9-12-15-18-21-24-26-28-29-30-32-34-40-45-50-55-60-65-79(84)96-76(70-91-78(83)64-59-54-49-44-39-33-31-27-25-22-19-16-13-10-7-2)72-95-99(88,89)93-68-74(81)67-92-98(86,87)94-71-75(69-90-77(82)63-58-53-48-43-37-23-20-17-14-11-8-3)97-80(85)66-61-56-51-46-41-36-35-38-42-47-52-57-62-73(4)5/h22,25,27,31,73-76,81H,6-21,23-24,26,28-30,32-72H2,1-5H3,(H,86,87)(H,88,89)/b25-22-,31-27-/t74-,75+,76+/m0/s1. The van der Waals surface area contributed by atoms with Crippen LogP contribution in [0.2, 0.25) is 0 Å². The number of aliphatic hydroxyl groups is 1. The Morgan fingerprint density at radius 3 is 0.828 bits per heavy atom. The third-order valence-corrected chi connectivity index (χ3v) is 20.1. The molecular formula is C80H152O17P2. The maximum Gasteiger partial charge on any atom is 0.472 e. The number of hydrogen-bond donors (Lipinski definition) is 3. The van der Waals surface area contributed by atoms with E-state index in [1.54, 1.807) is 0 Å². The van der Waals surface area contributed by atoms with Gasteiger partial charge in [-0.25, -0.2) is 9.13 Å². The Morgan fingerprint density at radius 2 is 0.545 bits per heavy atom.